The molecular formula is C29H32F2O4. The average molecular weight is 483 g/mol. The van der Waals surface area contributed by atoms with Crippen molar-refractivity contribution in [1.29, 1.82) is 0 Å². The summed E-state index contributed by atoms with van der Waals surface area (Å²) in [5.41, 5.74) is 3.37. The van der Waals surface area contributed by atoms with Gasteiger partial charge in [0.05, 0.1) is 13.5 Å². The van der Waals surface area contributed by atoms with Crippen LogP contribution in [0.15, 0.2) is 54.6 Å². The molecule has 0 bridgehead atoms. The van der Waals surface area contributed by atoms with Crippen LogP contribution in [0.3, 0.4) is 0 Å². The highest BCUT2D eigenvalue weighted by Gasteiger charge is 2.22. The summed E-state index contributed by atoms with van der Waals surface area (Å²) in [6.07, 6.45) is 0.591. The maximum Gasteiger partial charge on any atom is 0.303 e. The van der Waals surface area contributed by atoms with E-state index in [1.165, 1.54) is 12.1 Å². The maximum atomic E-state index is 14.7. The molecule has 0 unspecified atom stereocenters. The van der Waals surface area contributed by atoms with Crippen molar-refractivity contribution in [1.82, 2.24) is 0 Å². The molecule has 186 valence electrons. The van der Waals surface area contributed by atoms with Crippen LogP contribution in [0.1, 0.15) is 63.1 Å². The minimum atomic E-state index is -0.897. The third-order valence-corrected chi connectivity index (χ3v) is 6.09. The summed E-state index contributed by atoms with van der Waals surface area (Å²) in [6, 6.07) is 14.8. The predicted octanol–water partition coefficient (Wildman–Crippen LogP) is 7.49. The second kappa shape index (κ2) is 10.9. The zero-order valence-electron chi connectivity index (χ0n) is 20.8. The quantitative estimate of drug-likeness (QED) is 0.343. The summed E-state index contributed by atoms with van der Waals surface area (Å²) in [5.74, 6) is -1.33. The lowest BCUT2D eigenvalue weighted by Gasteiger charge is -2.25. The minimum absolute atomic E-state index is 0.0290. The standard InChI is InChI=1S/C29H32F2O4/c1-6-19(15-28(32)33)20-8-11-26(31)27(14-20)35-17-18-7-10-22(24(13-18)29(2,3)4)23-16-21(34-5)9-12-25(23)30/h7-14,16,19H,6,15,17H2,1-5H3,(H,32,33)/t19-/m0/s1. The molecule has 0 heterocycles. The molecule has 1 N–H and O–H groups in total. The van der Waals surface area contributed by atoms with E-state index in [1.54, 1.807) is 31.4 Å². The summed E-state index contributed by atoms with van der Waals surface area (Å²) in [7, 11) is 1.54. The molecular weight excluding hydrogens is 450 g/mol. The number of hydrogen-bond acceptors (Lipinski definition) is 3. The molecule has 35 heavy (non-hydrogen) atoms. The van der Waals surface area contributed by atoms with E-state index in [4.69, 9.17) is 14.6 Å². The van der Waals surface area contributed by atoms with Gasteiger partial charge in [-0.3, -0.25) is 4.79 Å². The number of ether oxygens (including phenoxy) is 2. The van der Waals surface area contributed by atoms with Crippen molar-refractivity contribution in [3.63, 3.8) is 0 Å². The topological polar surface area (TPSA) is 55.8 Å². The Morgan fingerprint density at radius 1 is 0.971 bits per heavy atom. The molecule has 1 atom stereocenters. The fourth-order valence-corrected chi connectivity index (χ4v) is 4.13. The highest BCUT2D eigenvalue weighted by Crippen LogP contribution is 2.37. The summed E-state index contributed by atoms with van der Waals surface area (Å²) in [6.45, 7) is 8.15. The van der Waals surface area contributed by atoms with Crippen molar-refractivity contribution < 1.29 is 28.2 Å². The maximum absolute atomic E-state index is 14.7. The number of methoxy groups -OCH3 is 1. The van der Waals surface area contributed by atoms with E-state index in [1.807, 2.05) is 45.9 Å². The molecule has 0 aliphatic carbocycles. The van der Waals surface area contributed by atoms with Gasteiger partial charge in [-0.2, -0.15) is 0 Å². The fraction of sp³-hybridized carbons (Fsp3) is 0.345. The van der Waals surface area contributed by atoms with E-state index in [-0.39, 0.29) is 35.9 Å². The monoisotopic (exact) mass is 482 g/mol. The summed E-state index contributed by atoms with van der Waals surface area (Å²) in [4.78, 5) is 11.2. The first-order valence-electron chi connectivity index (χ1n) is 11.6. The van der Waals surface area contributed by atoms with Gasteiger partial charge >= 0.3 is 5.97 Å². The lowest BCUT2D eigenvalue weighted by atomic mass is 9.81. The first-order valence-corrected chi connectivity index (χ1v) is 11.6. The number of hydrogen-bond donors (Lipinski definition) is 1. The van der Waals surface area contributed by atoms with Gasteiger partial charge in [-0.15, -0.1) is 0 Å². The molecule has 0 amide bonds. The number of aliphatic carboxylic acids is 1. The molecule has 3 rings (SSSR count). The lowest BCUT2D eigenvalue weighted by molar-refractivity contribution is -0.137. The molecule has 0 aliphatic rings. The number of carboxylic acid groups (broad SMARTS) is 1. The van der Waals surface area contributed by atoms with Crippen LogP contribution in [0.2, 0.25) is 0 Å². The molecule has 3 aromatic rings. The molecule has 4 nitrogen and oxygen atoms in total. The van der Waals surface area contributed by atoms with Crippen LogP contribution in [-0.2, 0) is 16.8 Å². The van der Waals surface area contributed by atoms with Crippen LogP contribution >= 0.6 is 0 Å². The largest absolute Gasteiger partial charge is 0.497 e. The Labute approximate surface area is 205 Å². The molecule has 0 spiro atoms. The van der Waals surface area contributed by atoms with Crippen LogP contribution < -0.4 is 9.47 Å². The van der Waals surface area contributed by atoms with Gasteiger partial charge in [-0.05, 0) is 70.3 Å². The van der Waals surface area contributed by atoms with Crippen LogP contribution in [-0.4, -0.2) is 18.2 Å². The Morgan fingerprint density at radius 3 is 2.31 bits per heavy atom. The fourth-order valence-electron chi connectivity index (χ4n) is 4.13. The third kappa shape index (κ3) is 6.38. The van der Waals surface area contributed by atoms with Gasteiger partial charge in [0.1, 0.15) is 18.2 Å². The minimum Gasteiger partial charge on any atom is -0.497 e. The molecule has 0 saturated carbocycles. The number of carboxylic acids is 1. The molecule has 0 aliphatic heterocycles. The number of rotatable bonds is 9. The molecule has 0 radical (unpaired) electrons. The molecule has 0 aromatic heterocycles. The predicted molar refractivity (Wildman–Crippen MR) is 133 cm³/mol. The normalized spacial score (nSPS) is 12.3. The number of halogens is 2. The zero-order valence-corrected chi connectivity index (χ0v) is 20.8. The van der Waals surface area contributed by atoms with Gasteiger partial charge in [0, 0.05) is 5.56 Å². The van der Waals surface area contributed by atoms with Gasteiger partial charge in [0.15, 0.2) is 11.6 Å². The highest BCUT2D eigenvalue weighted by atomic mass is 19.1. The van der Waals surface area contributed by atoms with E-state index in [2.05, 4.69) is 0 Å². The first-order chi connectivity index (χ1) is 16.5. The van der Waals surface area contributed by atoms with Gasteiger partial charge in [-0.1, -0.05) is 52.0 Å². The van der Waals surface area contributed by atoms with Gasteiger partial charge < -0.3 is 14.6 Å². The molecule has 0 saturated heterocycles. The van der Waals surface area contributed by atoms with Crippen LogP contribution in [0.5, 0.6) is 11.5 Å². The van der Waals surface area contributed by atoms with Crippen LogP contribution in [0.4, 0.5) is 8.78 Å². The number of carbonyl (C=O) groups is 1. The number of benzene rings is 3. The Balaban J connectivity index is 1.91. The van der Waals surface area contributed by atoms with E-state index < -0.39 is 11.8 Å². The highest BCUT2D eigenvalue weighted by molar-refractivity contribution is 5.71. The summed E-state index contributed by atoms with van der Waals surface area (Å²) >= 11 is 0. The summed E-state index contributed by atoms with van der Waals surface area (Å²) in [5, 5.41) is 9.16. The molecule has 6 heteroatoms. The first kappa shape index (κ1) is 26.2. The van der Waals surface area contributed by atoms with Crippen molar-refractivity contribution in [2.24, 2.45) is 0 Å². The second-order valence-electron chi connectivity index (χ2n) is 9.66. The SMILES string of the molecule is CC[C@@H](CC(=O)O)c1ccc(F)c(OCc2ccc(-c3cc(OC)ccc3F)c(C(C)(C)C)c2)c1. The van der Waals surface area contributed by atoms with E-state index in [0.717, 1.165) is 22.3 Å². The van der Waals surface area contributed by atoms with E-state index >= 15 is 0 Å². The van der Waals surface area contributed by atoms with E-state index in [9.17, 15) is 13.6 Å². The average Bonchev–Trinajstić information content (AvgIpc) is 2.81. The van der Waals surface area contributed by atoms with Crippen molar-refractivity contribution >= 4 is 5.97 Å². The van der Waals surface area contributed by atoms with Crippen LogP contribution in [0.25, 0.3) is 11.1 Å². The van der Waals surface area contributed by atoms with Crippen molar-refractivity contribution in [3.8, 4) is 22.6 Å². The Hall–Kier alpha value is -3.41. The van der Waals surface area contributed by atoms with Gasteiger partial charge in [0.25, 0.3) is 0 Å². The molecule has 0 fully saturated rings. The smallest absolute Gasteiger partial charge is 0.303 e. The van der Waals surface area contributed by atoms with Crippen molar-refractivity contribution in [2.45, 2.75) is 58.5 Å². The Morgan fingerprint density at radius 2 is 1.69 bits per heavy atom. The van der Waals surface area contributed by atoms with Gasteiger partial charge in [-0.25, -0.2) is 8.78 Å². The molecule has 3 aromatic carbocycles. The van der Waals surface area contributed by atoms with Gasteiger partial charge in [0.2, 0.25) is 0 Å². The van der Waals surface area contributed by atoms with E-state index in [0.29, 0.717) is 17.7 Å². The Kier molecular flexibility index (Phi) is 8.15. The second-order valence-corrected chi connectivity index (χ2v) is 9.66. The Bertz CT molecular complexity index is 1200. The lowest BCUT2D eigenvalue weighted by Crippen LogP contribution is -2.14. The zero-order chi connectivity index (χ0) is 25.8. The third-order valence-electron chi connectivity index (χ3n) is 6.09. The van der Waals surface area contributed by atoms with Crippen molar-refractivity contribution in [3.05, 3.63) is 82.9 Å². The van der Waals surface area contributed by atoms with Crippen LogP contribution in [0, 0.1) is 11.6 Å². The summed E-state index contributed by atoms with van der Waals surface area (Å²) < 4.78 is 40.3. The van der Waals surface area contributed by atoms with Crippen molar-refractivity contribution in [2.75, 3.05) is 7.11 Å².